The molecule has 1 saturated heterocycles. The van der Waals surface area contributed by atoms with Crippen LogP contribution in [0, 0.1) is 5.82 Å². The first kappa shape index (κ1) is 15.2. The monoisotopic (exact) mass is 292 g/mol. The third kappa shape index (κ3) is 3.11. The fourth-order valence-corrected chi connectivity index (χ4v) is 2.45. The van der Waals surface area contributed by atoms with Crippen LogP contribution in [0.25, 0.3) is 0 Å². The van der Waals surface area contributed by atoms with Crippen LogP contribution in [0.3, 0.4) is 0 Å². The number of hydrogen-bond acceptors (Lipinski definition) is 3. The zero-order chi connectivity index (χ0) is 14.9. The Morgan fingerprint density at radius 1 is 1.35 bits per heavy atom. The van der Waals surface area contributed by atoms with E-state index in [0.717, 1.165) is 18.6 Å². The Hall–Kier alpha value is -1.18. The average Bonchev–Trinajstić information content (AvgIpc) is 2.77. The van der Waals surface area contributed by atoms with Crippen molar-refractivity contribution in [2.75, 3.05) is 0 Å². The van der Waals surface area contributed by atoms with Gasteiger partial charge in [0.1, 0.15) is 5.82 Å². The minimum absolute atomic E-state index is 0.0402. The lowest BCUT2D eigenvalue weighted by Crippen LogP contribution is -2.36. The molecule has 0 aliphatic carbocycles. The van der Waals surface area contributed by atoms with Gasteiger partial charge in [0.25, 0.3) is 0 Å². The molecule has 3 nitrogen and oxygen atoms in total. The molecule has 0 amide bonds. The van der Waals surface area contributed by atoms with Gasteiger partial charge in [-0.1, -0.05) is 6.07 Å². The topological polar surface area (TPSA) is 47.3 Å². The number of ether oxygens (including phenoxy) is 1. The number of halogens is 4. The Kier molecular flexibility index (Phi) is 4.31. The molecule has 0 spiro atoms. The minimum atomic E-state index is -4.73. The molecule has 1 aliphatic rings. The predicted molar refractivity (Wildman–Crippen MR) is 65.0 cm³/mol. The van der Waals surface area contributed by atoms with Crippen LogP contribution in [0.15, 0.2) is 18.2 Å². The molecule has 1 heterocycles. The first-order valence-corrected chi connectivity index (χ1v) is 6.31. The Labute approximate surface area is 114 Å². The van der Waals surface area contributed by atoms with Crippen molar-refractivity contribution in [3.63, 3.8) is 0 Å². The van der Waals surface area contributed by atoms with E-state index in [-0.39, 0.29) is 17.8 Å². The maximum Gasteiger partial charge on any atom is 0.419 e. The highest BCUT2D eigenvalue weighted by Crippen LogP contribution is 2.35. The highest BCUT2D eigenvalue weighted by Gasteiger charge is 2.36. The van der Waals surface area contributed by atoms with Crippen LogP contribution in [0.2, 0.25) is 0 Å². The molecule has 7 heteroatoms. The van der Waals surface area contributed by atoms with Crippen molar-refractivity contribution in [3.05, 3.63) is 35.1 Å². The molecule has 1 aromatic carbocycles. The summed E-state index contributed by atoms with van der Waals surface area (Å²) in [5, 5.41) is 0. The van der Waals surface area contributed by atoms with Crippen molar-refractivity contribution in [3.8, 4) is 0 Å². The second kappa shape index (κ2) is 5.67. The number of alkyl halides is 3. The molecular weight excluding hydrogens is 276 g/mol. The summed E-state index contributed by atoms with van der Waals surface area (Å²) in [6.07, 6.45) is -3.51. The van der Waals surface area contributed by atoms with Crippen molar-refractivity contribution in [1.82, 2.24) is 5.43 Å². The van der Waals surface area contributed by atoms with Crippen molar-refractivity contribution in [2.45, 2.75) is 44.2 Å². The van der Waals surface area contributed by atoms with E-state index in [1.807, 2.05) is 6.92 Å². The lowest BCUT2D eigenvalue weighted by Gasteiger charge is -2.24. The highest BCUT2D eigenvalue weighted by molar-refractivity contribution is 5.30. The molecular formula is C13H16F4N2O. The van der Waals surface area contributed by atoms with Gasteiger partial charge in [-0.05, 0) is 37.5 Å². The second-order valence-electron chi connectivity index (χ2n) is 4.94. The van der Waals surface area contributed by atoms with Gasteiger partial charge >= 0.3 is 6.18 Å². The van der Waals surface area contributed by atoms with Gasteiger partial charge in [0.15, 0.2) is 0 Å². The van der Waals surface area contributed by atoms with Gasteiger partial charge in [-0.25, -0.2) is 4.39 Å². The minimum Gasteiger partial charge on any atom is -0.373 e. The largest absolute Gasteiger partial charge is 0.419 e. The van der Waals surface area contributed by atoms with Gasteiger partial charge in [-0.2, -0.15) is 13.2 Å². The van der Waals surface area contributed by atoms with Crippen molar-refractivity contribution < 1.29 is 22.3 Å². The van der Waals surface area contributed by atoms with Gasteiger partial charge in [0.2, 0.25) is 0 Å². The van der Waals surface area contributed by atoms with E-state index in [1.165, 1.54) is 6.07 Å². The normalized spacial score (nSPS) is 24.9. The average molecular weight is 292 g/mol. The number of benzene rings is 1. The maximum absolute atomic E-state index is 13.3. The first-order chi connectivity index (χ1) is 9.32. The summed E-state index contributed by atoms with van der Waals surface area (Å²) in [5.41, 5.74) is 1.44. The third-order valence-corrected chi connectivity index (χ3v) is 3.47. The van der Waals surface area contributed by atoms with Gasteiger partial charge in [0, 0.05) is 0 Å². The fourth-order valence-electron chi connectivity index (χ4n) is 2.45. The van der Waals surface area contributed by atoms with Gasteiger partial charge in [-0.15, -0.1) is 0 Å². The molecule has 1 aliphatic heterocycles. The van der Waals surface area contributed by atoms with Gasteiger partial charge in [0.05, 0.1) is 23.8 Å². The zero-order valence-corrected chi connectivity index (χ0v) is 10.9. The number of rotatable bonds is 3. The summed E-state index contributed by atoms with van der Waals surface area (Å²) >= 11 is 0. The fraction of sp³-hybridized carbons (Fsp3) is 0.538. The maximum atomic E-state index is 13.3. The summed E-state index contributed by atoms with van der Waals surface area (Å²) in [5.74, 6) is 4.13. The van der Waals surface area contributed by atoms with Crippen LogP contribution < -0.4 is 11.3 Å². The van der Waals surface area contributed by atoms with E-state index < -0.39 is 23.6 Å². The molecule has 3 unspecified atom stereocenters. The van der Waals surface area contributed by atoms with E-state index in [2.05, 4.69) is 5.43 Å². The van der Waals surface area contributed by atoms with Crippen LogP contribution in [0.1, 0.15) is 36.9 Å². The van der Waals surface area contributed by atoms with E-state index in [0.29, 0.717) is 6.42 Å². The first-order valence-electron chi connectivity index (χ1n) is 6.31. The molecule has 3 atom stereocenters. The van der Waals surface area contributed by atoms with Crippen molar-refractivity contribution in [1.29, 1.82) is 0 Å². The van der Waals surface area contributed by atoms with E-state index in [4.69, 9.17) is 10.6 Å². The standard InChI is InChI=1S/C13H16F4N2O/c1-7-2-5-11(20-7)12(19-18)8-3-4-10(14)9(6-8)13(15,16)17/h3-4,6-7,11-12,19H,2,5,18H2,1H3. The van der Waals surface area contributed by atoms with Crippen LogP contribution >= 0.6 is 0 Å². The van der Waals surface area contributed by atoms with E-state index >= 15 is 0 Å². The summed E-state index contributed by atoms with van der Waals surface area (Å²) in [7, 11) is 0. The Morgan fingerprint density at radius 3 is 2.55 bits per heavy atom. The quantitative estimate of drug-likeness (QED) is 0.511. The zero-order valence-electron chi connectivity index (χ0n) is 10.9. The summed E-state index contributed by atoms with van der Waals surface area (Å²) < 4.78 is 57.0. The van der Waals surface area contributed by atoms with Crippen molar-refractivity contribution >= 4 is 0 Å². The molecule has 112 valence electrons. The summed E-state index contributed by atoms with van der Waals surface area (Å²) in [6, 6.07) is 2.29. The highest BCUT2D eigenvalue weighted by atomic mass is 19.4. The Balaban J connectivity index is 2.31. The Morgan fingerprint density at radius 2 is 2.05 bits per heavy atom. The lowest BCUT2D eigenvalue weighted by molar-refractivity contribution is -0.140. The van der Waals surface area contributed by atoms with Crippen molar-refractivity contribution in [2.24, 2.45) is 5.84 Å². The van der Waals surface area contributed by atoms with Crippen LogP contribution in [0.4, 0.5) is 17.6 Å². The predicted octanol–water partition coefficient (Wildman–Crippen LogP) is 2.92. The molecule has 0 saturated carbocycles. The van der Waals surface area contributed by atoms with Crippen LogP contribution in [-0.4, -0.2) is 12.2 Å². The molecule has 1 aromatic rings. The number of hydrazine groups is 1. The SMILES string of the molecule is CC1CCC(C(NN)c2ccc(F)c(C(F)(F)F)c2)O1. The summed E-state index contributed by atoms with van der Waals surface area (Å²) in [4.78, 5) is 0. The lowest BCUT2D eigenvalue weighted by atomic mass is 9.97. The van der Waals surface area contributed by atoms with E-state index in [9.17, 15) is 17.6 Å². The van der Waals surface area contributed by atoms with Crippen LogP contribution in [-0.2, 0) is 10.9 Å². The molecule has 3 N–H and O–H groups in total. The smallest absolute Gasteiger partial charge is 0.373 e. The molecule has 1 fully saturated rings. The molecule has 2 rings (SSSR count). The Bertz CT molecular complexity index is 478. The number of hydrogen-bond donors (Lipinski definition) is 2. The summed E-state index contributed by atoms with van der Waals surface area (Å²) in [6.45, 7) is 1.89. The molecule has 0 bridgehead atoms. The van der Waals surface area contributed by atoms with Crippen LogP contribution in [0.5, 0.6) is 0 Å². The third-order valence-electron chi connectivity index (χ3n) is 3.47. The van der Waals surface area contributed by atoms with Gasteiger partial charge < -0.3 is 4.74 Å². The molecule has 0 radical (unpaired) electrons. The number of nitrogens with one attached hydrogen (secondary N) is 1. The second-order valence-corrected chi connectivity index (χ2v) is 4.94. The van der Waals surface area contributed by atoms with Gasteiger partial charge in [-0.3, -0.25) is 11.3 Å². The molecule has 20 heavy (non-hydrogen) atoms. The van der Waals surface area contributed by atoms with E-state index in [1.54, 1.807) is 0 Å². The number of nitrogens with two attached hydrogens (primary N) is 1. The molecule has 0 aromatic heterocycles.